The Balaban J connectivity index is 2.68. The number of nitrogens with one attached hydrogen (secondary N) is 1. The fraction of sp³-hybridized carbons (Fsp3) is 0.600. The molecule has 0 bridgehead atoms. The summed E-state index contributed by atoms with van der Waals surface area (Å²) in [6.07, 6.45) is 4.21. The molecule has 0 radical (unpaired) electrons. The first-order valence-corrected chi connectivity index (χ1v) is 9.07. The molecule has 0 saturated heterocycles. The normalized spacial score (nSPS) is 13.8. The van der Waals surface area contributed by atoms with Crippen LogP contribution in [0.2, 0.25) is 0 Å². The number of hydrogen-bond acceptors (Lipinski definition) is 4. The van der Waals surface area contributed by atoms with Crippen LogP contribution >= 0.6 is 7.60 Å². The Morgan fingerprint density at radius 3 is 2.30 bits per heavy atom. The van der Waals surface area contributed by atoms with E-state index in [-0.39, 0.29) is 0 Å². The van der Waals surface area contributed by atoms with E-state index < -0.39 is 7.60 Å². The maximum absolute atomic E-state index is 12.7. The maximum atomic E-state index is 12.7. The lowest BCUT2D eigenvalue weighted by Crippen LogP contribution is -2.04. The van der Waals surface area contributed by atoms with E-state index in [1.54, 1.807) is 0 Å². The van der Waals surface area contributed by atoms with Crippen molar-refractivity contribution in [2.45, 2.75) is 39.5 Å². The molecule has 1 aromatic carbocycles. The highest BCUT2D eigenvalue weighted by atomic mass is 31.2. The number of hydrogen-bond donors (Lipinski definition) is 1. The molecule has 0 aliphatic heterocycles. The van der Waals surface area contributed by atoms with Gasteiger partial charge in [-0.2, -0.15) is 0 Å². The molecule has 1 rings (SSSR count). The van der Waals surface area contributed by atoms with Crippen molar-refractivity contribution in [3.63, 3.8) is 0 Å². The molecule has 0 aromatic heterocycles. The number of anilines is 1. The van der Waals surface area contributed by atoms with Gasteiger partial charge in [0.1, 0.15) is 5.75 Å². The van der Waals surface area contributed by atoms with Crippen molar-refractivity contribution in [3.05, 3.63) is 24.3 Å². The highest BCUT2D eigenvalue weighted by molar-refractivity contribution is 7.54. The third kappa shape index (κ3) is 5.98. The zero-order valence-electron chi connectivity index (χ0n) is 12.7. The maximum Gasteiger partial charge on any atom is 0.379 e. The largest absolute Gasteiger partial charge is 0.424 e. The first-order valence-electron chi connectivity index (χ1n) is 7.34. The van der Waals surface area contributed by atoms with Gasteiger partial charge in [0, 0.05) is 12.7 Å². The Labute approximate surface area is 122 Å². The van der Waals surface area contributed by atoms with E-state index in [9.17, 15) is 4.57 Å². The van der Waals surface area contributed by atoms with Gasteiger partial charge in [0.05, 0.1) is 12.8 Å². The van der Waals surface area contributed by atoms with Gasteiger partial charge in [-0.15, -0.1) is 0 Å². The van der Waals surface area contributed by atoms with Crippen LogP contribution < -0.4 is 9.84 Å². The Kier molecular flexibility index (Phi) is 7.71. The molecule has 0 fully saturated rings. The average molecular weight is 299 g/mol. The molecule has 4 nitrogen and oxygen atoms in total. The lowest BCUT2D eigenvalue weighted by molar-refractivity contribution is 0.259. The summed E-state index contributed by atoms with van der Waals surface area (Å²) < 4.78 is 23.9. The van der Waals surface area contributed by atoms with E-state index >= 15 is 0 Å². The predicted octanol–water partition coefficient (Wildman–Crippen LogP) is 4.92. The summed E-state index contributed by atoms with van der Waals surface area (Å²) in [4.78, 5) is 0. The van der Waals surface area contributed by atoms with Crippen LogP contribution in [-0.4, -0.2) is 19.8 Å². The standard InChI is InChI=1S/C15H26NO3P/c1-4-6-12-18-20(17,13-7-5-2)19-15-10-8-14(16-3)9-11-15/h8-11,16H,4-7,12-13H2,1-3H3. The van der Waals surface area contributed by atoms with Crippen LogP contribution in [0, 0.1) is 0 Å². The van der Waals surface area contributed by atoms with Crippen molar-refractivity contribution in [2.75, 3.05) is 25.1 Å². The molecule has 0 amide bonds. The van der Waals surface area contributed by atoms with Crippen molar-refractivity contribution in [3.8, 4) is 5.75 Å². The molecule has 1 N–H and O–H groups in total. The molecule has 0 aliphatic rings. The summed E-state index contributed by atoms with van der Waals surface area (Å²) in [5.41, 5.74) is 0.993. The summed E-state index contributed by atoms with van der Waals surface area (Å²) in [6.45, 7) is 4.64. The monoisotopic (exact) mass is 299 g/mol. The summed E-state index contributed by atoms with van der Waals surface area (Å²) in [6, 6.07) is 7.41. The van der Waals surface area contributed by atoms with Crippen LogP contribution in [0.1, 0.15) is 39.5 Å². The smallest absolute Gasteiger partial charge is 0.379 e. The molecule has 0 aliphatic carbocycles. The van der Waals surface area contributed by atoms with Crippen LogP contribution in [0.15, 0.2) is 24.3 Å². The zero-order chi connectivity index (χ0) is 14.8. The van der Waals surface area contributed by atoms with Gasteiger partial charge in [-0.3, -0.25) is 4.52 Å². The zero-order valence-corrected chi connectivity index (χ0v) is 13.6. The molecule has 0 heterocycles. The van der Waals surface area contributed by atoms with Crippen LogP contribution in [0.3, 0.4) is 0 Å². The van der Waals surface area contributed by atoms with E-state index in [0.29, 0.717) is 18.5 Å². The Morgan fingerprint density at radius 2 is 1.75 bits per heavy atom. The highest BCUT2D eigenvalue weighted by Crippen LogP contribution is 2.49. The van der Waals surface area contributed by atoms with Gasteiger partial charge < -0.3 is 9.84 Å². The molecule has 20 heavy (non-hydrogen) atoms. The van der Waals surface area contributed by atoms with Crippen molar-refractivity contribution in [1.82, 2.24) is 0 Å². The van der Waals surface area contributed by atoms with Crippen molar-refractivity contribution in [2.24, 2.45) is 0 Å². The van der Waals surface area contributed by atoms with Crippen molar-refractivity contribution >= 4 is 13.3 Å². The second-order valence-corrected chi connectivity index (χ2v) is 6.85. The summed E-state index contributed by atoms with van der Waals surface area (Å²) in [7, 11) is -1.17. The average Bonchev–Trinajstić information content (AvgIpc) is 2.46. The lowest BCUT2D eigenvalue weighted by Gasteiger charge is -2.19. The van der Waals surface area contributed by atoms with Crippen LogP contribution in [-0.2, 0) is 9.09 Å². The second-order valence-electron chi connectivity index (χ2n) is 4.74. The molecular formula is C15H26NO3P. The molecule has 1 aromatic rings. The molecule has 5 heteroatoms. The van der Waals surface area contributed by atoms with Crippen LogP contribution in [0.4, 0.5) is 5.69 Å². The van der Waals surface area contributed by atoms with Gasteiger partial charge in [-0.05, 0) is 37.1 Å². The first kappa shape index (κ1) is 17.1. The minimum Gasteiger partial charge on any atom is -0.424 e. The summed E-state index contributed by atoms with van der Waals surface area (Å²) in [5, 5.41) is 3.04. The lowest BCUT2D eigenvalue weighted by atomic mass is 10.3. The molecular weight excluding hydrogens is 273 g/mol. The third-order valence-electron chi connectivity index (χ3n) is 2.96. The fourth-order valence-electron chi connectivity index (χ4n) is 1.68. The van der Waals surface area contributed by atoms with Crippen LogP contribution in [0.25, 0.3) is 0 Å². The Morgan fingerprint density at radius 1 is 1.10 bits per heavy atom. The van der Waals surface area contributed by atoms with Crippen molar-refractivity contribution in [1.29, 1.82) is 0 Å². The predicted molar refractivity (Wildman–Crippen MR) is 84.9 cm³/mol. The van der Waals surface area contributed by atoms with E-state index in [1.165, 1.54) is 0 Å². The minimum absolute atomic E-state index is 0.473. The van der Waals surface area contributed by atoms with Gasteiger partial charge >= 0.3 is 7.60 Å². The molecule has 114 valence electrons. The fourth-order valence-corrected chi connectivity index (χ4v) is 3.51. The van der Waals surface area contributed by atoms with Gasteiger partial charge in [0.15, 0.2) is 0 Å². The SMILES string of the molecule is CCCCOP(=O)(CCCC)Oc1ccc(NC)cc1. The van der Waals surface area contributed by atoms with E-state index in [1.807, 2.05) is 31.3 Å². The van der Waals surface area contributed by atoms with Gasteiger partial charge in [-0.25, -0.2) is 4.57 Å². The van der Waals surface area contributed by atoms with Crippen LogP contribution in [0.5, 0.6) is 5.75 Å². The molecule has 1 atom stereocenters. The van der Waals surface area contributed by atoms with E-state index in [0.717, 1.165) is 31.4 Å². The summed E-state index contributed by atoms with van der Waals surface area (Å²) >= 11 is 0. The highest BCUT2D eigenvalue weighted by Gasteiger charge is 2.25. The number of unbranched alkanes of at least 4 members (excludes halogenated alkanes) is 2. The minimum atomic E-state index is -3.03. The number of benzene rings is 1. The Bertz CT molecular complexity index is 420. The van der Waals surface area contributed by atoms with Gasteiger partial charge in [0.2, 0.25) is 0 Å². The van der Waals surface area contributed by atoms with Crippen molar-refractivity contribution < 1.29 is 13.6 Å². The molecule has 0 saturated carbocycles. The topological polar surface area (TPSA) is 47.6 Å². The molecule has 0 spiro atoms. The molecule has 1 unspecified atom stereocenters. The number of rotatable bonds is 10. The second kappa shape index (κ2) is 9.04. The third-order valence-corrected chi connectivity index (χ3v) is 4.89. The van der Waals surface area contributed by atoms with E-state index in [4.69, 9.17) is 9.05 Å². The summed E-state index contributed by atoms with van der Waals surface area (Å²) in [5.74, 6) is 0.597. The quantitative estimate of drug-likeness (QED) is 0.492. The van der Waals surface area contributed by atoms with E-state index in [2.05, 4.69) is 19.2 Å². The Hall–Kier alpha value is -0.990. The first-order chi connectivity index (χ1) is 9.63. The van der Waals surface area contributed by atoms with Gasteiger partial charge in [-0.1, -0.05) is 26.7 Å². The van der Waals surface area contributed by atoms with Gasteiger partial charge in [0.25, 0.3) is 0 Å².